The van der Waals surface area contributed by atoms with E-state index in [1.54, 1.807) is 18.2 Å². The van der Waals surface area contributed by atoms with E-state index in [0.717, 1.165) is 21.3 Å². The molecule has 3 aromatic carbocycles. The van der Waals surface area contributed by atoms with Gasteiger partial charge in [-0.3, -0.25) is 9.10 Å². The Bertz CT molecular complexity index is 1230. The molecule has 3 aromatic rings. The predicted octanol–water partition coefficient (Wildman–Crippen LogP) is 4.53. The molecule has 1 amide bonds. The van der Waals surface area contributed by atoms with Gasteiger partial charge in [-0.05, 0) is 73.0 Å². The van der Waals surface area contributed by atoms with Crippen molar-refractivity contribution >= 4 is 43.2 Å². The fourth-order valence-corrected chi connectivity index (χ4v) is 5.49. The summed E-state index contributed by atoms with van der Waals surface area (Å²) in [7, 11) is -3.66. The summed E-state index contributed by atoms with van der Waals surface area (Å²) in [6.45, 7) is 2.18. The topological polar surface area (TPSA) is 75.7 Å². The maximum absolute atomic E-state index is 13.1. The number of anilines is 2. The van der Waals surface area contributed by atoms with Crippen LogP contribution in [-0.2, 0) is 21.2 Å². The van der Waals surface area contributed by atoms with E-state index < -0.39 is 10.0 Å². The van der Waals surface area contributed by atoms with Crippen molar-refractivity contribution in [1.82, 2.24) is 0 Å². The SMILES string of the molecule is Cc1cc(Br)ccc1OCC(=O)Nc1ccc(S(=O)(=O)N2CCc3ccccc32)cc1. The van der Waals surface area contributed by atoms with Gasteiger partial charge < -0.3 is 10.1 Å². The van der Waals surface area contributed by atoms with Crippen LogP contribution in [-0.4, -0.2) is 27.5 Å². The zero-order chi connectivity index (χ0) is 22.0. The van der Waals surface area contributed by atoms with Crippen molar-refractivity contribution in [2.45, 2.75) is 18.2 Å². The third kappa shape index (κ3) is 4.60. The Balaban J connectivity index is 1.40. The molecule has 1 N–H and O–H groups in total. The van der Waals surface area contributed by atoms with Gasteiger partial charge in [0.05, 0.1) is 10.6 Å². The van der Waals surface area contributed by atoms with E-state index in [1.807, 2.05) is 43.3 Å². The van der Waals surface area contributed by atoms with Crippen molar-refractivity contribution < 1.29 is 17.9 Å². The maximum Gasteiger partial charge on any atom is 0.264 e. The molecule has 6 nitrogen and oxygen atoms in total. The summed E-state index contributed by atoms with van der Waals surface area (Å²) in [6, 6.07) is 19.2. The highest BCUT2D eigenvalue weighted by molar-refractivity contribution is 9.10. The Labute approximate surface area is 190 Å². The van der Waals surface area contributed by atoms with Gasteiger partial charge in [0.1, 0.15) is 5.75 Å². The second kappa shape index (κ2) is 8.72. The second-order valence-electron chi connectivity index (χ2n) is 7.23. The summed E-state index contributed by atoms with van der Waals surface area (Å²) >= 11 is 3.39. The molecule has 31 heavy (non-hydrogen) atoms. The number of ether oxygens (including phenoxy) is 1. The number of carbonyl (C=O) groups excluding carboxylic acids is 1. The number of halogens is 1. The van der Waals surface area contributed by atoms with Crippen LogP contribution in [0, 0.1) is 6.92 Å². The standard InChI is InChI=1S/C23H21BrN2O4S/c1-16-14-18(24)6-11-22(16)30-15-23(27)25-19-7-9-20(10-8-19)31(28,29)26-13-12-17-4-2-3-5-21(17)26/h2-11,14H,12-13,15H2,1H3,(H,25,27). The molecule has 4 rings (SSSR count). The van der Waals surface area contributed by atoms with Gasteiger partial charge in [-0.15, -0.1) is 0 Å². The van der Waals surface area contributed by atoms with Crippen LogP contribution in [0.2, 0.25) is 0 Å². The van der Waals surface area contributed by atoms with Crippen LogP contribution in [0.25, 0.3) is 0 Å². The fourth-order valence-electron chi connectivity index (χ4n) is 3.51. The normalized spacial score (nSPS) is 13.0. The minimum Gasteiger partial charge on any atom is -0.483 e. The molecule has 0 saturated heterocycles. The third-order valence-corrected chi connectivity index (χ3v) is 7.39. The van der Waals surface area contributed by atoms with Gasteiger partial charge in [-0.1, -0.05) is 34.1 Å². The molecule has 1 aliphatic heterocycles. The van der Waals surface area contributed by atoms with Crippen LogP contribution in [0.4, 0.5) is 11.4 Å². The van der Waals surface area contributed by atoms with Gasteiger partial charge in [0.25, 0.3) is 15.9 Å². The first-order valence-corrected chi connectivity index (χ1v) is 12.0. The number of nitrogens with one attached hydrogen (secondary N) is 1. The summed E-state index contributed by atoms with van der Waals surface area (Å²) in [6.07, 6.45) is 0.696. The molecule has 0 spiro atoms. The highest BCUT2D eigenvalue weighted by Crippen LogP contribution is 2.32. The summed E-state index contributed by atoms with van der Waals surface area (Å²) in [5.41, 5.74) is 3.17. The number of aryl methyl sites for hydroxylation is 1. The Morgan fingerprint density at radius 2 is 1.84 bits per heavy atom. The molecule has 0 aliphatic carbocycles. The number of sulfonamides is 1. The number of hydrogen-bond donors (Lipinski definition) is 1. The largest absolute Gasteiger partial charge is 0.483 e. The van der Waals surface area contributed by atoms with Crippen molar-refractivity contribution in [2.24, 2.45) is 0 Å². The lowest BCUT2D eigenvalue weighted by molar-refractivity contribution is -0.118. The number of fused-ring (bicyclic) bond motifs is 1. The van der Waals surface area contributed by atoms with E-state index in [-0.39, 0.29) is 17.4 Å². The van der Waals surface area contributed by atoms with E-state index >= 15 is 0 Å². The monoisotopic (exact) mass is 500 g/mol. The average Bonchev–Trinajstić information content (AvgIpc) is 3.18. The number of benzene rings is 3. The number of rotatable bonds is 6. The Kier molecular flexibility index (Phi) is 6.02. The molecule has 1 aliphatic rings. The first-order valence-electron chi connectivity index (χ1n) is 9.74. The van der Waals surface area contributed by atoms with Crippen LogP contribution < -0.4 is 14.4 Å². The maximum atomic E-state index is 13.1. The van der Waals surface area contributed by atoms with Gasteiger partial charge in [-0.2, -0.15) is 0 Å². The molecule has 0 bridgehead atoms. The molecular formula is C23H21BrN2O4S. The first kappa shape index (κ1) is 21.4. The molecule has 0 aromatic heterocycles. The summed E-state index contributed by atoms with van der Waals surface area (Å²) in [5.74, 6) is 0.303. The molecule has 0 saturated carbocycles. The zero-order valence-corrected chi connectivity index (χ0v) is 19.2. The van der Waals surface area contributed by atoms with E-state index in [1.165, 1.54) is 16.4 Å². The molecule has 0 radical (unpaired) electrons. The van der Waals surface area contributed by atoms with Crippen LogP contribution >= 0.6 is 15.9 Å². The van der Waals surface area contributed by atoms with E-state index in [0.29, 0.717) is 24.4 Å². The summed E-state index contributed by atoms with van der Waals surface area (Å²) in [5, 5.41) is 2.73. The molecular weight excluding hydrogens is 480 g/mol. The first-order chi connectivity index (χ1) is 14.8. The number of hydrogen-bond acceptors (Lipinski definition) is 4. The molecule has 0 fully saturated rings. The lowest BCUT2D eigenvalue weighted by atomic mass is 10.2. The highest BCUT2D eigenvalue weighted by atomic mass is 79.9. The Hall–Kier alpha value is -2.84. The van der Waals surface area contributed by atoms with E-state index in [4.69, 9.17) is 4.74 Å². The molecule has 8 heteroatoms. The van der Waals surface area contributed by atoms with Crippen molar-refractivity contribution in [1.29, 1.82) is 0 Å². The van der Waals surface area contributed by atoms with Gasteiger partial charge in [0.15, 0.2) is 6.61 Å². The predicted molar refractivity (Wildman–Crippen MR) is 124 cm³/mol. The van der Waals surface area contributed by atoms with Crippen molar-refractivity contribution in [2.75, 3.05) is 22.8 Å². The van der Waals surface area contributed by atoms with E-state index in [9.17, 15) is 13.2 Å². The molecule has 0 atom stereocenters. The smallest absolute Gasteiger partial charge is 0.264 e. The summed E-state index contributed by atoms with van der Waals surface area (Å²) in [4.78, 5) is 12.4. The van der Waals surface area contributed by atoms with Crippen LogP contribution in [0.3, 0.4) is 0 Å². The van der Waals surface area contributed by atoms with Crippen LogP contribution in [0.1, 0.15) is 11.1 Å². The average molecular weight is 501 g/mol. The number of carbonyl (C=O) groups is 1. The second-order valence-corrected chi connectivity index (χ2v) is 10.0. The number of amides is 1. The van der Waals surface area contributed by atoms with Crippen LogP contribution in [0.15, 0.2) is 76.1 Å². The summed E-state index contributed by atoms with van der Waals surface area (Å²) < 4.78 is 34.1. The molecule has 0 unspecified atom stereocenters. The molecule has 160 valence electrons. The fraction of sp³-hybridized carbons (Fsp3) is 0.174. The van der Waals surface area contributed by atoms with Gasteiger partial charge in [-0.25, -0.2) is 8.42 Å². The van der Waals surface area contributed by atoms with Gasteiger partial charge in [0, 0.05) is 16.7 Å². The minimum atomic E-state index is -3.66. The van der Waals surface area contributed by atoms with Crippen LogP contribution in [0.5, 0.6) is 5.75 Å². The van der Waals surface area contributed by atoms with Gasteiger partial charge >= 0.3 is 0 Å². The zero-order valence-electron chi connectivity index (χ0n) is 16.8. The lowest BCUT2D eigenvalue weighted by Crippen LogP contribution is -2.29. The third-order valence-electron chi connectivity index (χ3n) is 5.07. The Morgan fingerprint density at radius 3 is 2.58 bits per heavy atom. The number of para-hydroxylation sites is 1. The van der Waals surface area contributed by atoms with E-state index in [2.05, 4.69) is 21.2 Å². The Morgan fingerprint density at radius 1 is 1.10 bits per heavy atom. The lowest BCUT2D eigenvalue weighted by Gasteiger charge is -2.19. The van der Waals surface area contributed by atoms with Crippen molar-refractivity contribution in [3.63, 3.8) is 0 Å². The highest BCUT2D eigenvalue weighted by Gasteiger charge is 2.30. The van der Waals surface area contributed by atoms with Crippen molar-refractivity contribution in [3.8, 4) is 5.75 Å². The van der Waals surface area contributed by atoms with Crippen molar-refractivity contribution in [3.05, 3.63) is 82.3 Å². The quantitative estimate of drug-likeness (QED) is 0.539. The number of nitrogens with zero attached hydrogens (tertiary/aromatic N) is 1. The van der Waals surface area contributed by atoms with Gasteiger partial charge in [0.2, 0.25) is 0 Å². The minimum absolute atomic E-state index is 0.146. The molecule has 1 heterocycles.